The minimum Gasteiger partial charge on any atom is -0.383 e. The third kappa shape index (κ3) is 4.27. The van der Waals surface area contributed by atoms with Crippen LogP contribution in [-0.4, -0.2) is 35.1 Å². The number of nitrogens with one attached hydrogen (secondary N) is 3. The van der Waals surface area contributed by atoms with E-state index in [1.54, 1.807) is 0 Å². The predicted molar refractivity (Wildman–Crippen MR) is 99.3 cm³/mol. The molecule has 0 bridgehead atoms. The SMILES string of the molecule is COCCn1c2c(c(=O)[nH]c1=O)C(C(=O)Nc1cccc(C(F)(F)F)c1)CC(=O)N2. The van der Waals surface area contributed by atoms with Crippen molar-refractivity contribution in [3.05, 3.63) is 56.2 Å². The highest BCUT2D eigenvalue weighted by atomic mass is 19.4. The van der Waals surface area contributed by atoms with Gasteiger partial charge < -0.3 is 15.4 Å². The minimum atomic E-state index is -4.60. The van der Waals surface area contributed by atoms with Crippen LogP contribution in [-0.2, 0) is 27.0 Å². The van der Waals surface area contributed by atoms with Crippen LogP contribution in [0.15, 0.2) is 33.9 Å². The van der Waals surface area contributed by atoms with Gasteiger partial charge in [0.15, 0.2) is 0 Å². The lowest BCUT2D eigenvalue weighted by Crippen LogP contribution is -2.43. The third-order valence-corrected chi connectivity index (χ3v) is 4.52. The Morgan fingerprint density at radius 3 is 2.70 bits per heavy atom. The molecular weight excluding hydrogens is 409 g/mol. The smallest absolute Gasteiger partial charge is 0.383 e. The van der Waals surface area contributed by atoms with Crippen molar-refractivity contribution in [3.63, 3.8) is 0 Å². The molecule has 0 aliphatic carbocycles. The maximum atomic E-state index is 12.9. The van der Waals surface area contributed by atoms with Crippen LogP contribution in [0.3, 0.4) is 0 Å². The monoisotopic (exact) mass is 426 g/mol. The van der Waals surface area contributed by atoms with Crippen molar-refractivity contribution < 1.29 is 27.5 Å². The lowest BCUT2D eigenvalue weighted by Gasteiger charge is -2.26. The van der Waals surface area contributed by atoms with Gasteiger partial charge in [0.2, 0.25) is 11.8 Å². The molecule has 0 saturated heterocycles. The van der Waals surface area contributed by atoms with Crippen LogP contribution in [0.25, 0.3) is 0 Å². The number of halogens is 3. The second kappa shape index (κ2) is 8.14. The fourth-order valence-corrected chi connectivity index (χ4v) is 3.14. The molecule has 3 rings (SSSR count). The predicted octanol–water partition coefficient (Wildman–Crippen LogP) is 1.27. The first kappa shape index (κ1) is 21.3. The van der Waals surface area contributed by atoms with Gasteiger partial charge in [0.25, 0.3) is 5.56 Å². The molecule has 1 atom stereocenters. The van der Waals surface area contributed by atoms with E-state index in [1.807, 2.05) is 0 Å². The Balaban J connectivity index is 1.99. The number of fused-ring (bicyclic) bond motifs is 1. The molecule has 0 fully saturated rings. The molecule has 0 spiro atoms. The fraction of sp³-hybridized carbons (Fsp3) is 0.333. The second-order valence-corrected chi connectivity index (χ2v) is 6.54. The number of hydrogen-bond donors (Lipinski definition) is 3. The number of methoxy groups -OCH3 is 1. The lowest BCUT2D eigenvalue weighted by molar-refractivity contribution is -0.137. The Morgan fingerprint density at radius 2 is 2.03 bits per heavy atom. The highest BCUT2D eigenvalue weighted by Crippen LogP contribution is 2.32. The maximum absolute atomic E-state index is 12.9. The van der Waals surface area contributed by atoms with Gasteiger partial charge in [-0.3, -0.25) is 23.9 Å². The number of amides is 2. The number of anilines is 2. The first-order valence-corrected chi connectivity index (χ1v) is 8.75. The number of ether oxygens (including phenoxy) is 1. The molecule has 30 heavy (non-hydrogen) atoms. The van der Waals surface area contributed by atoms with Gasteiger partial charge in [-0.05, 0) is 18.2 Å². The Kier molecular flexibility index (Phi) is 5.78. The van der Waals surface area contributed by atoms with Gasteiger partial charge in [-0.25, -0.2) is 4.79 Å². The van der Waals surface area contributed by atoms with Crippen LogP contribution in [0.5, 0.6) is 0 Å². The largest absolute Gasteiger partial charge is 0.416 e. The van der Waals surface area contributed by atoms with Crippen molar-refractivity contribution in [1.29, 1.82) is 0 Å². The molecular formula is C18H17F3N4O5. The number of carbonyl (C=O) groups is 2. The van der Waals surface area contributed by atoms with Crippen LogP contribution in [0, 0.1) is 0 Å². The summed E-state index contributed by atoms with van der Waals surface area (Å²) in [6.07, 6.45) is -5.02. The number of rotatable bonds is 5. The van der Waals surface area contributed by atoms with Gasteiger partial charge in [0.05, 0.1) is 30.2 Å². The van der Waals surface area contributed by atoms with Crippen LogP contribution in [0.2, 0.25) is 0 Å². The minimum absolute atomic E-state index is 0.00328. The van der Waals surface area contributed by atoms with Gasteiger partial charge >= 0.3 is 11.9 Å². The summed E-state index contributed by atoms with van der Waals surface area (Å²) in [5.41, 5.74) is -2.93. The number of benzene rings is 1. The summed E-state index contributed by atoms with van der Waals surface area (Å²) in [5, 5.41) is 4.72. The Hall–Kier alpha value is -3.41. The zero-order valence-corrected chi connectivity index (χ0v) is 15.6. The summed E-state index contributed by atoms with van der Waals surface area (Å²) >= 11 is 0. The number of carbonyl (C=O) groups excluding carboxylic acids is 2. The molecule has 160 valence electrons. The number of nitrogens with zero attached hydrogens (tertiary/aromatic N) is 1. The molecule has 1 aliphatic heterocycles. The number of hydrogen-bond acceptors (Lipinski definition) is 5. The lowest BCUT2D eigenvalue weighted by atomic mass is 9.92. The summed E-state index contributed by atoms with van der Waals surface area (Å²) in [6.45, 7) is 0.0893. The van der Waals surface area contributed by atoms with E-state index in [9.17, 15) is 32.3 Å². The van der Waals surface area contributed by atoms with Gasteiger partial charge in [-0.1, -0.05) is 6.07 Å². The Bertz CT molecular complexity index is 1110. The van der Waals surface area contributed by atoms with Crippen molar-refractivity contribution >= 4 is 23.3 Å². The zero-order chi connectivity index (χ0) is 22.1. The first-order valence-electron chi connectivity index (χ1n) is 8.75. The molecule has 2 amide bonds. The molecule has 2 heterocycles. The summed E-state index contributed by atoms with van der Waals surface area (Å²) in [4.78, 5) is 51.5. The van der Waals surface area contributed by atoms with E-state index in [0.29, 0.717) is 0 Å². The standard InChI is InChI=1S/C18H17F3N4O5/c1-30-6-5-25-14-13(16(28)24-17(25)29)11(8-12(26)23-14)15(27)22-10-4-2-3-9(7-10)18(19,20)21/h2-4,7,11H,5-6,8H2,1H3,(H,22,27)(H,23,26)(H,24,28,29). The average molecular weight is 426 g/mol. The summed E-state index contributed by atoms with van der Waals surface area (Å²) < 4.78 is 44.6. The van der Waals surface area contributed by atoms with Gasteiger partial charge in [-0.15, -0.1) is 0 Å². The van der Waals surface area contributed by atoms with Crippen LogP contribution >= 0.6 is 0 Å². The van der Waals surface area contributed by atoms with Gasteiger partial charge in [0.1, 0.15) is 5.82 Å². The molecule has 0 saturated carbocycles. The molecule has 1 aromatic carbocycles. The topological polar surface area (TPSA) is 122 Å². The quantitative estimate of drug-likeness (QED) is 0.665. The van der Waals surface area contributed by atoms with Gasteiger partial charge in [0, 0.05) is 19.2 Å². The molecule has 1 unspecified atom stereocenters. The van der Waals surface area contributed by atoms with Gasteiger partial charge in [-0.2, -0.15) is 13.2 Å². The van der Waals surface area contributed by atoms with E-state index in [2.05, 4.69) is 15.6 Å². The summed E-state index contributed by atoms with van der Waals surface area (Å²) in [6, 6.07) is 3.96. The Morgan fingerprint density at radius 1 is 1.30 bits per heavy atom. The zero-order valence-electron chi connectivity index (χ0n) is 15.6. The molecule has 1 aromatic heterocycles. The van der Waals surface area contributed by atoms with Crippen molar-refractivity contribution in [3.8, 4) is 0 Å². The molecule has 1 aliphatic rings. The first-order chi connectivity index (χ1) is 14.1. The highest BCUT2D eigenvalue weighted by Gasteiger charge is 2.36. The number of aromatic amines is 1. The van der Waals surface area contributed by atoms with Crippen molar-refractivity contribution in [1.82, 2.24) is 9.55 Å². The molecule has 3 N–H and O–H groups in total. The number of aromatic nitrogens is 2. The van der Waals surface area contributed by atoms with E-state index in [4.69, 9.17) is 4.74 Å². The van der Waals surface area contributed by atoms with E-state index in [0.717, 1.165) is 22.8 Å². The van der Waals surface area contributed by atoms with Crippen molar-refractivity contribution in [2.75, 3.05) is 24.4 Å². The highest BCUT2D eigenvalue weighted by molar-refractivity contribution is 6.04. The van der Waals surface area contributed by atoms with E-state index in [-0.39, 0.29) is 30.2 Å². The van der Waals surface area contributed by atoms with E-state index < -0.39 is 47.1 Å². The number of H-pyrrole nitrogens is 1. The molecule has 0 radical (unpaired) electrons. The average Bonchev–Trinajstić information content (AvgIpc) is 2.66. The molecule has 9 nitrogen and oxygen atoms in total. The van der Waals surface area contributed by atoms with Crippen molar-refractivity contribution in [2.24, 2.45) is 0 Å². The fourth-order valence-electron chi connectivity index (χ4n) is 3.14. The molecule has 12 heteroatoms. The van der Waals surface area contributed by atoms with E-state index >= 15 is 0 Å². The normalized spacial score (nSPS) is 16.0. The maximum Gasteiger partial charge on any atom is 0.416 e. The van der Waals surface area contributed by atoms with Crippen LogP contribution in [0.4, 0.5) is 24.7 Å². The van der Waals surface area contributed by atoms with Crippen LogP contribution < -0.4 is 21.9 Å². The van der Waals surface area contributed by atoms with E-state index in [1.165, 1.54) is 13.2 Å². The Labute approximate surface area is 166 Å². The van der Waals surface area contributed by atoms with Crippen molar-refractivity contribution in [2.45, 2.75) is 25.1 Å². The number of alkyl halides is 3. The summed E-state index contributed by atoms with van der Waals surface area (Å²) in [5.74, 6) is -2.92. The third-order valence-electron chi connectivity index (χ3n) is 4.52. The molecule has 2 aromatic rings. The summed E-state index contributed by atoms with van der Waals surface area (Å²) in [7, 11) is 1.40. The van der Waals surface area contributed by atoms with Crippen LogP contribution in [0.1, 0.15) is 23.5 Å². The second-order valence-electron chi connectivity index (χ2n) is 6.54.